The number of amides is 5. The van der Waals surface area contributed by atoms with Crippen molar-refractivity contribution >= 4 is 69.7 Å². The molecule has 356 valence electrons. The Morgan fingerprint density at radius 2 is 1.34 bits per heavy atom. The predicted octanol–water partition coefficient (Wildman–Crippen LogP) is 5.57. The van der Waals surface area contributed by atoms with Crippen molar-refractivity contribution in [3.05, 3.63) is 118 Å². The zero-order chi connectivity index (χ0) is 47.8. The van der Waals surface area contributed by atoms with Crippen molar-refractivity contribution in [2.24, 2.45) is 11.5 Å². The van der Waals surface area contributed by atoms with Gasteiger partial charge in [0.25, 0.3) is 11.8 Å². The minimum absolute atomic E-state index is 0. The molecular weight excluding hydrogens is 875 g/mol. The minimum Gasteiger partial charge on any atom is -0.481 e. The van der Waals surface area contributed by atoms with Gasteiger partial charge >= 0.3 is 12.1 Å². The number of anilines is 2. The van der Waals surface area contributed by atoms with Crippen LogP contribution in [0.15, 0.2) is 72.8 Å². The second-order valence-corrected chi connectivity index (χ2v) is 15.8. The Bertz CT molecular complexity index is 3000. The fourth-order valence-corrected chi connectivity index (χ4v) is 7.83. The number of imidazole rings is 2. The number of aryl methyl sites for hydroxylation is 5. The maximum atomic E-state index is 14.2. The largest absolute Gasteiger partial charge is 0.481 e. The van der Waals surface area contributed by atoms with Crippen LogP contribution in [0.2, 0.25) is 0 Å². The molecule has 7 aromatic rings. The van der Waals surface area contributed by atoms with E-state index in [0.29, 0.717) is 77.9 Å². The van der Waals surface area contributed by atoms with E-state index in [0.717, 1.165) is 11.1 Å². The number of carbonyl (C=O) groups is 6. The molecule has 68 heavy (non-hydrogen) atoms. The quantitative estimate of drug-likeness (QED) is 0.0483. The standard InChI is InChI=1S/C46H51N13O8.CH4/c1-4-58-39(43(65)53-45-51-34-25-31(41(48)63)15-17-36(34)57(45)22-19-49-46(66)67-26-29-11-7-5-8-12-29)32(28(3)55-58)13-9-6-10-20-59-37(23-27(2)54-59)42(64)52-44-50-33-24-30(40(47)62)14-16-35(33)56(44)21-18-38(60)61;/h5,7-8,11-12,14-17,23-25H,4,6,9-10,13,18-22,26H2,1-3H3,(H2,47,62)(H2,48,63)(H,49,66)(H,60,61)(H,50,52,64)(H,51,53,65);1H4. The summed E-state index contributed by atoms with van der Waals surface area (Å²) in [5, 5.41) is 27.1. The monoisotopic (exact) mass is 929 g/mol. The summed E-state index contributed by atoms with van der Waals surface area (Å²) >= 11 is 0. The molecule has 8 N–H and O–H groups in total. The summed E-state index contributed by atoms with van der Waals surface area (Å²) in [5.41, 5.74) is 17.0. The zero-order valence-corrected chi connectivity index (χ0v) is 37.2. The Balaban J connectivity index is 0.00000761. The number of aliphatic carboxylic acids is 1. The van der Waals surface area contributed by atoms with Gasteiger partial charge in [-0.15, -0.1) is 0 Å². The molecule has 0 spiro atoms. The first-order valence-corrected chi connectivity index (χ1v) is 21.7. The third kappa shape index (κ3) is 11.4. The third-order valence-corrected chi connectivity index (χ3v) is 11.1. The van der Waals surface area contributed by atoms with E-state index in [-0.39, 0.29) is 68.8 Å². The fraction of sp³-hybridized carbons (Fsp3) is 0.319. The summed E-state index contributed by atoms with van der Waals surface area (Å²) in [6.07, 6.45) is 1.72. The number of carbonyl (C=O) groups excluding carboxylic acids is 5. The number of nitrogens with zero attached hydrogens (tertiary/aromatic N) is 8. The topological polar surface area (TPSA) is 291 Å². The van der Waals surface area contributed by atoms with Crippen molar-refractivity contribution < 1.29 is 38.6 Å². The first-order valence-electron chi connectivity index (χ1n) is 21.7. The van der Waals surface area contributed by atoms with Gasteiger partial charge in [-0.25, -0.2) is 14.8 Å². The zero-order valence-electron chi connectivity index (χ0n) is 37.2. The van der Waals surface area contributed by atoms with Crippen LogP contribution in [0.1, 0.15) is 104 Å². The number of benzene rings is 3. The van der Waals surface area contributed by atoms with Crippen LogP contribution in [-0.2, 0) is 48.7 Å². The number of hydrogen-bond donors (Lipinski definition) is 6. The molecule has 5 amide bonds. The number of primary amides is 2. The van der Waals surface area contributed by atoms with Gasteiger partial charge in [0.1, 0.15) is 18.0 Å². The van der Waals surface area contributed by atoms with Gasteiger partial charge in [0, 0.05) is 49.4 Å². The van der Waals surface area contributed by atoms with E-state index in [2.05, 4.69) is 36.1 Å². The summed E-state index contributed by atoms with van der Waals surface area (Å²) in [5.74, 6) is -2.95. The summed E-state index contributed by atoms with van der Waals surface area (Å²) in [4.78, 5) is 84.9. The molecule has 0 aliphatic carbocycles. The van der Waals surface area contributed by atoms with Gasteiger partial charge < -0.3 is 35.8 Å². The van der Waals surface area contributed by atoms with Gasteiger partial charge in [-0.3, -0.25) is 44.0 Å². The number of carboxylic acids is 1. The molecule has 7 rings (SSSR count). The molecule has 0 saturated heterocycles. The highest BCUT2D eigenvalue weighted by atomic mass is 16.5. The molecule has 0 aliphatic heterocycles. The number of aromatic nitrogens is 8. The number of unbranched alkanes of at least 4 members (excludes halogenated alkanes) is 2. The molecule has 0 bridgehead atoms. The van der Waals surface area contributed by atoms with Crippen molar-refractivity contribution in [2.45, 2.75) is 93.1 Å². The average molecular weight is 930 g/mol. The van der Waals surface area contributed by atoms with Crippen molar-refractivity contribution in [1.29, 1.82) is 0 Å². The highest BCUT2D eigenvalue weighted by Gasteiger charge is 2.25. The van der Waals surface area contributed by atoms with E-state index in [1.54, 1.807) is 55.8 Å². The Hall–Kier alpha value is -8.36. The van der Waals surface area contributed by atoms with Gasteiger partial charge in [-0.2, -0.15) is 10.2 Å². The molecule has 21 nitrogen and oxygen atoms in total. The van der Waals surface area contributed by atoms with Crippen LogP contribution in [0.3, 0.4) is 0 Å². The van der Waals surface area contributed by atoms with Gasteiger partial charge in [0.05, 0.1) is 39.9 Å². The molecule has 0 saturated carbocycles. The van der Waals surface area contributed by atoms with Crippen LogP contribution in [0.25, 0.3) is 22.1 Å². The van der Waals surface area contributed by atoms with Gasteiger partial charge in [-0.05, 0) is 88.1 Å². The first kappa shape index (κ1) is 49.1. The summed E-state index contributed by atoms with van der Waals surface area (Å²) in [7, 11) is 0. The molecule has 0 aliphatic rings. The molecule has 0 fully saturated rings. The van der Waals surface area contributed by atoms with Crippen molar-refractivity contribution in [3.8, 4) is 0 Å². The number of ether oxygens (including phenoxy) is 1. The highest BCUT2D eigenvalue weighted by Crippen LogP contribution is 2.25. The maximum Gasteiger partial charge on any atom is 0.407 e. The van der Waals surface area contributed by atoms with E-state index >= 15 is 0 Å². The normalized spacial score (nSPS) is 11.0. The van der Waals surface area contributed by atoms with Crippen LogP contribution in [0.5, 0.6) is 0 Å². The summed E-state index contributed by atoms with van der Waals surface area (Å²) in [6.45, 7) is 6.80. The molecule has 0 unspecified atom stereocenters. The molecule has 4 aromatic heterocycles. The number of nitrogens with one attached hydrogen (secondary N) is 3. The Morgan fingerprint density at radius 3 is 1.94 bits per heavy atom. The third-order valence-electron chi connectivity index (χ3n) is 11.1. The maximum absolute atomic E-state index is 14.2. The van der Waals surface area contributed by atoms with E-state index in [9.17, 15) is 33.9 Å². The highest BCUT2D eigenvalue weighted by molar-refractivity contribution is 6.05. The molecule has 3 aromatic carbocycles. The second kappa shape index (κ2) is 21.8. The minimum atomic E-state index is -1.03. The van der Waals surface area contributed by atoms with E-state index in [1.165, 1.54) is 12.1 Å². The number of fused-ring (bicyclic) bond motifs is 2. The molecule has 0 radical (unpaired) electrons. The van der Waals surface area contributed by atoms with Crippen LogP contribution in [0, 0.1) is 13.8 Å². The number of carboxylic acid groups (broad SMARTS) is 1. The SMILES string of the molecule is C.CCn1nc(C)c(CCCCCn2nc(C)cc2C(=O)Nc2nc3cc(C(N)=O)ccc3n2CCC(=O)O)c1C(=O)Nc1nc2cc(C(N)=O)ccc2n1CCNC(=O)OCc1ccccc1. The van der Waals surface area contributed by atoms with Gasteiger partial charge in [-0.1, -0.05) is 44.2 Å². The molecular formula is C47H55N13O8. The second-order valence-electron chi connectivity index (χ2n) is 15.8. The number of rotatable bonds is 21. The van der Waals surface area contributed by atoms with Crippen LogP contribution >= 0.6 is 0 Å². The molecule has 21 heteroatoms. The van der Waals surface area contributed by atoms with Crippen LogP contribution in [-0.4, -0.2) is 86.0 Å². The van der Waals surface area contributed by atoms with Gasteiger partial charge in [0.15, 0.2) is 0 Å². The molecule has 0 atom stereocenters. The molecule has 4 heterocycles. The first-order chi connectivity index (χ1) is 32.2. The van der Waals surface area contributed by atoms with Crippen LogP contribution in [0.4, 0.5) is 16.7 Å². The number of alkyl carbamates (subject to hydrolysis) is 1. The van der Waals surface area contributed by atoms with Crippen molar-refractivity contribution in [1.82, 2.24) is 44.0 Å². The summed E-state index contributed by atoms with van der Waals surface area (Å²) in [6, 6.07) is 20.3. The smallest absolute Gasteiger partial charge is 0.407 e. The van der Waals surface area contributed by atoms with Crippen molar-refractivity contribution in [3.63, 3.8) is 0 Å². The van der Waals surface area contributed by atoms with Crippen molar-refractivity contribution in [2.75, 3.05) is 17.2 Å². The van der Waals surface area contributed by atoms with E-state index in [1.807, 2.05) is 44.2 Å². The number of hydrogen-bond acceptors (Lipinski definition) is 11. The lowest BCUT2D eigenvalue weighted by Gasteiger charge is -2.13. The lowest BCUT2D eigenvalue weighted by molar-refractivity contribution is -0.137. The van der Waals surface area contributed by atoms with Gasteiger partial charge in [0.2, 0.25) is 23.7 Å². The lowest BCUT2D eigenvalue weighted by Crippen LogP contribution is -2.28. The Morgan fingerprint density at radius 1 is 0.721 bits per heavy atom. The van der Waals surface area contributed by atoms with E-state index in [4.69, 9.17) is 16.2 Å². The average Bonchev–Trinajstić information content (AvgIpc) is 4.05. The number of nitrogens with two attached hydrogens (primary N) is 2. The Kier molecular flexibility index (Phi) is 15.7. The lowest BCUT2D eigenvalue weighted by atomic mass is 10.0. The summed E-state index contributed by atoms with van der Waals surface area (Å²) < 4.78 is 11.9. The Labute approximate surface area is 390 Å². The predicted molar refractivity (Wildman–Crippen MR) is 253 cm³/mol. The fourth-order valence-electron chi connectivity index (χ4n) is 7.83. The van der Waals surface area contributed by atoms with Crippen LogP contribution < -0.4 is 27.4 Å². The van der Waals surface area contributed by atoms with E-state index < -0.39 is 35.7 Å².